The molecule has 0 aliphatic heterocycles. The van der Waals surface area contributed by atoms with Gasteiger partial charge < -0.3 is 10.4 Å². The van der Waals surface area contributed by atoms with Crippen molar-refractivity contribution in [1.82, 2.24) is 20.5 Å². The highest BCUT2D eigenvalue weighted by Crippen LogP contribution is 1.88. The van der Waals surface area contributed by atoms with E-state index in [-0.39, 0.29) is 11.7 Å². The molecule has 1 atom stereocenters. The maximum absolute atomic E-state index is 11.2. The molecule has 0 aliphatic rings. The maximum atomic E-state index is 11.2. The zero-order valence-electron chi connectivity index (χ0n) is 7.32. The van der Waals surface area contributed by atoms with Crippen LogP contribution in [-0.2, 0) is 0 Å². The summed E-state index contributed by atoms with van der Waals surface area (Å²) < 4.78 is 0. The second-order valence-corrected chi connectivity index (χ2v) is 2.73. The summed E-state index contributed by atoms with van der Waals surface area (Å²) in [6.45, 7) is 2.10. The molecule has 6 nitrogen and oxygen atoms in total. The number of hydrogen-bond donors (Lipinski definition) is 3. The minimum absolute atomic E-state index is 0.186. The van der Waals surface area contributed by atoms with Crippen LogP contribution in [0.3, 0.4) is 0 Å². The van der Waals surface area contributed by atoms with Crippen LogP contribution in [0.4, 0.5) is 0 Å². The van der Waals surface area contributed by atoms with E-state index < -0.39 is 6.10 Å². The van der Waals surface area contributed by atoms with Crippen LogP contribution in [0, 0.1) is 0 Å². The first-order valence-corrected chi connectivity index (χ1v) is 4.02. The SMILES string of the molecule is CC(O)CCNC(=O)c1ncn[nH]1. The molecule has 1 unspecified atom stereocenters. The molecule has 0 radical (unpaired) electrons. The molecule has 0 aliphatic carbocycles. The molecular weight excluding hydrogens is 172 g/mol. The second kappa shape index (κ2) is 4.56. The number of aliphatic hydroxyl groups excluding tert-OH is 1. The zero-order valence-corrected chi connectivity index (χ0v) is 7.32. The smallest absolute Gasteiger partial charge is 0.288 e. The Kier molecular flexibility index (Phi) is 3.39. The first-order valence-electron chi connectivity index (χ1n) is 4.02. The van der Waals surface area contributed by atoms with E-state index in [1.807, 2.05) is 0 Å². The van der Waals surface area contributed by atoms with E-state index in [1.165, 1.54) is 6.33 Å². The van der Waals surface area contributed by atoms with Crippen LogP contribution in [0.25, 0.3) is 0 Å². The van der Waals surface area contributed by atoms with E-state index in [9.17, 15) is 4.79 Å². The largest absolute Gasteiger partial charge is 0.393 e. The summed E-state index contributed by atoms with van der Waals surface area (Å²) in [6.07, 6.45) is 1.39. The van der Waals surface area contributed by atoms with Crippen LogP contribution in [0.2, 0.25) is 0 Å². The Morgan fingerprint density at radius 3 is 3.15 bits per heavy atom. The topological polar surface area (TPSA) is 90.9 Å². The first-order chi connectivity index (χ1) is 6.20. The van der Waals surface area contributed by atoms with Crippen molar-refractivity contribution in [3.05, 3.63) is 12.2 Å². The average Bonchev–Trinajstić information content (AvgIpc) is 2.55. The Morgan fingerprint density at radius 2 is 2.62 bits per heavy atom. The lowest BCUT2D eigenvalue weighted by Crippen LogP contribution is -2.27. The molecule has 0 saturated heterocycles. The maximum Gasteiger partial charge on any atom is 0.288 e. The lowest BCUT2D eigenvalue weighted by molar-refractivity contribution is 0.0935. The number of aliphatic hydroxyl groups is 1. The van der Waals surface area contributed by atoms with Gasteiger partial charge in [0.2, 0.25) is 5.82 Å². The molecule has 3 N–H and O–H groups in total. The van der Waals surface area contributed by atoms with Gasteiger partial charge in [-0.05, 0) is 13.3 Å². The lowest BCUT2D eigenvalue weighted by atomic mass is 10.3. The van der Waals surface area contributed by atoms with Crippen LogP contribution in [-0.4, -0.2) is 38.8 Å². The Balaban J connectivity index is 2.27. The summed E-state index contributed by atoms with van der Waals surface area (Å²) >= 11 is 0. The molecule has 13 heavy (non-hydrogen) atoms. The summed E-state index contributed by atoms with van der Waals surface area (Å²) in [6, 6.07) is 0. The fourth-order valence-electron chi connectivity index (χ4n) is 0.793. The van der Waals surface area contributed by atoms with Crippen LogP contribution >= 0.6 is 0 Å². The van der Waals surface area contributed by atoms with Crippen molar-refractivity contribution in [3.63, 3.8) is 0 Å². The normalized spacial score (nSPS) is 12.5. The molecular formula is C7H12N4O2. The highest BCUT2D eigenvalue weighted by molar-refractivity contribution is 5.90. The zero-order chi connectivity index (χ0) is 9.68. The van der Waals surface area contributed by atoms with E-state index in [0.29, 0.717) is 13.0 Å². The predicted octanol–water partition coefficient (Wildman–Crippen LogP) is -0.695. The Hall–Kier alpha value is -1.43. The summed E-state index contributed by atoms with van der Waals surface area (Å²) in [7, 11) is 0. The third kappa shape index (κ3) is 3.20. The fourth-order valence-corrected chi connectivity index (χ4v) is 0.793. The number of amides is 1. The summed E-state index contributed by atoms with van der Waals surface area (Å²) in [4.78, 5) is 14.8. The van der Waals surface area contributed by atoms with E-state index in [1.54, 1.807) is 6.92 Å². The van der Waals surface area contributed by atoms with Crippen molar-refractivity contribution in [3.8, 4) is 0 Å². The molecule has 0 spiro atoms. The van der Waals surface area contributed by atoms with Crippen molar-refractivity contribution in [2.24, 2.45) is 0 Å². The third-order valence-electron chi connectivity index (χ3n) is 1.48. The van der Waals surface area contributed by atoms with Crippen LogP contribution in [0.5, 0.6) is 0 Å². The molecule has 1 amide bonds. The van der Waals surface area contributed by atoms with Gasteiger partial charge >= 0.3 is 0 Å². The Bertz CT molecular complexity index is 257. The van der Waals surface area contributed by atoms with Gasteiger partial charge in [0.25, 0.3) is 5.91 Å². The van der Waals surface area contributed by atoms with Crippen molar-refractivity contribution >= 4 is 5.91 Å². The number of nitrogens with zero attached hydrogens (tertiary/aromatic N) is 2. The van der Waals surface area contributed by atoms with Crippen LogP contribution in [0.15, 0.2) is 6.33 Å². The highest BCUT2D eigenvalue weighted by Gasteiger charge is 2.07. The Labute approximate surface area is 75.4 Å². The van der Waals surface area contributed by atoms with Crippen molar-refractivity contribution < 1.29 is 9.90 Å². The van der Waals surface area contributed by atoms with Gasteiger partial charge in [-0.25, -0.2) is 4.98 Å². The van der Waals surface area contributed by atoms with E-state index in [0.717, 1.165) is 0 Å². The van der Waals surface area contributed by atoms with E-state index in [4.69, 9.17) is 5.11 Å². The van der Waals surface area contributed by atoms with Crippen LogP contribution in [0.1, 0.15) is 24.0 Å². The molecule has 72 valence electrons. The minimum atomic E-state index is -0.407. The van der Waals surface area contributed by atoms with Crippen molar-refractivity contribution in [1.29, 1.82) is 0 Å². The summed E-state index contributed by atoms with van der Waals surface area (Å²) in [5.41, 5.74) is 0. The summed E-state index contributed by atoms with van der Waals surface area (Å²) in [5, 5.41) is 17.5. The van der Waals surface area contributed by atoms with Gasteiger partial charge in [-0.2, -0.15) is 5.10 Å². The number of H-pyrrole nitrogens is 1. The van der Waals surface area contributed by atoms with Gasteiger partial charge in [-0.15, -0.1) is 0 Å². The first kappa shape index (κ1) is 9.66. The number of rotatable bonds is 4. The Morgan fingerprint density at radius 1 is 1.85 bits per heavy atom. The number of carbonyl (C=O) groups is 1. The molecule has 1 heterocycles. The molecule has 0 aromatic carbocycles. The van der Waals surface area contributed by atoms with Gasteiger partial charge in [-0.1, -0.05) is 0 Å². The van der Waals surface area contributed by atoms with Crippen molar-refractivity contribution in [2.75, 3.05) is 6.54 Å². The molecule has 1 aromatic rings. The lowest BCUT2D eigenvalue weighted by Gasteiger charge is -2.04. The molecule has 0 bridgehead atoms. The molecule has 0 fully saturated rings. The van der Waals surface area contributed by atoms with Gasteiger partial charge in [0.1, 0.15) is 6.33 Å². The number of hydrogen-bond acceptors (Lipinski definition) is 4. The van der Waals surface area contributed by atoms with Crippen LogP contribution < -0.4 is 5.32 Å². The standard InChI is InChI=1S/C7H12N4O2/c1-5(12)2-3-8-7(13)6-9-4-10-11-6/h4-5,12H,2-3H2,1H3,(H,8,13)(H,9,10,11). The van der Waals surface area contributed by atoms with Gasteiger partial charge in [0.05, 0.1) is 6.10 Å². The predicted molar refractivity (Wildman–Crippen MR) is 45.0 cm³/mol. The highest BCUT2D eigenvalue weighted by atomic mass is 16.3. The van der Waals surface area contributed by atoms with E-state index in [2.05, 4.69) is 20.5 Å². The van der Waals surface area contributed by atoms with E-state index >= 15 is 0 Å². The summed E-state index contributed by atoms with van der Waals surface area (Å²) in [5.74, 6) is -0.122. The van der Waals surface area contributed by atoms with Crippen molar-refractivity contribution in [2.45, 2.75) is 19.4 Å². The number of aromatic amines is 1. The van der Waals surface area contributed by atoms with Gasteiger partial charge in [0.15, 0.2) is 0 Å². The second-order valence-electron chi connectivity index (χ2n) is 2.73. The molecule has 0 saturated carbocycles. The quantitative estimate of drug-likeness (QED) is 0.577. The minimum Gasteiger partial charge on any atom is -0.393 e. The number of aromatic nitrogens is 3. The third-order valence-corrected chi connectivity index (χ3v) is 1.48. The fraction of sp³-hybridized carbons (Fsp3) is 0.571. The van der Waals surface area contributed by atoms with Gasteiger partial charge in [-0.3, -0.25) is 9.89 Å². The molecule has 1 aromatic heterocycles. The number of carbonyl (C=O) groups excluding carboxylic acids is 1. The molecule has 6 heteroatoms. The monoisotopic (exact) mass is 184 g/mol. The van der Waals surface area contributed by atoms with Gasteiger partial charge in [0, 0.05) is 6.54 Å². The molecule has 1 rings (SSSR count). The number of nitrogens with one attached hydrogen (secondary N) is 2. The average molecular weight is 184 g/mol.